The van der Waals surface area contributed by atoms with Crippen molar-refractivity contribution in [1.82, 2.24) is 4.90 Å². The molecule has 2 heterocycles. The van der Waals surface area contributed by atoms with Gasteiger partial charge in [0.1, 0.15) is 0 Å². The number of aliphatic hydroxyl groups is 1. The van der Waals surface area contributed by atoms with Gasteiger partial charge in [0.25, 0.3) is 0 Å². The first kappa shape index (κ1) is 9.17. The molecule has 2 heteroatoms. The Balaban J connectivity index is 1.81. The minimum Gasteiger partial charge on any atom is -0.396 e. The van der Waals surface area contributed by atoms with E-state index in [1.807, 2.05) is 0 Å². The summed E-state index contributed by atoms with van der Waals surface area (Å²) >= 11 is 0. The van der Waals surface area contributed by atoms with Gasteiger partial charge in [-0.2, -0.15) is 0 Å². The van der Waals surface area contributed by atoms with Crippen LogP contribution in [0.2, 0.25) is 0 Å². The zero-order valence-electron chi connectivity index (χ0n) is 9.02. The predicted molar refractivity (Wildman–Crippen MR) is 56.0 cm³/mol. The Morgan fingerprint density at radius 1 is 1.21 bits per heavy atom. The van der Waals surface area contributed by atoms with Crippen molar-refractivity contribution in [2.24, 2.45) is 17.8 Å². The smallest absolute Gasteiger partial charge is 0.0477 e. The number of hydrogen-bond acceptors (Lipinski definition) is 2. The fourth-order valence-electron chi connectivity index (χ4n) is 3.94. The Kier molecular flexibility index (Phi) is 2.10. The minimum absolute atomic E-state index is 0.420. The number of piperidine rings is 1. The van der Waals surface area contributed by atoms with E-state index in [-0.39, 0.29) is 0 Å². The molecule has 3 fully saturated rings. The molecule has 0 amide bonds. The lowest BCUT2D eigenvalue weighted by Crippen LogP contribution is -2.48. The van der Waals surface area contributed by atoms with Crippen LogP contribution in [0.1, 0.15) is 32.1 Å². The van der Waals surface area contributed by atoms with Crippen molar-refractivity contribution in [3.63, 3.8) is 0 Å². The van der Waals surface area contributed by atoms with E-state index in [0.717, 1.165) is 17.9 Å². The third-order valence-corrected chi connectivity index (χ3v) is 4.92. The second kappa shape index (κ2) is 3.21. The fraction of sp³-hybridized carbons (Fsp3) is 1.00. The molecule has 2 aliphatic heterocycles. The average molecular weight is 195 g/mol. The van der Waals surface area contributed by atoms with Gasteiger partial charge in [0.15, 0.2) is 0 Å². The molecule has 4 unspecified atom stereocenters. The maximum absolute atomic E-state index is 9.55. The second-order valence-electron chi connectivity index (χ2n) is 5.55. The molecule has 2 bridgehead atoms. The van der Waals surface area contributed by atoms with Crippen LogP contribution in [-0.4, -0.2) is 35.7 Å². The van der Waals surface area contributed by atoms with Crippen molar-refractivity contribution in [1.29, 1.82) is 0 Å². The van der Waals surface area contributed by atoms with Crippen molar-refractivity contribution in [3.8, 4) is 0 Å². The first-order chi connectivity index (χ1) is 6.81. The highest BCUT2D eigenvalue weighted by molar-refractivity contribution is 5.02. The molecular weight excluding hydrogens is 174 g/mol. The Labute approximate surface area is 86.3 Å². The summed E-state index contributed by atoms with van der Waals surface area (Å²) in [4.78, 5) is 2.54. The number of rotatable bonds is 2. The van der Waals surface area contributed by atoms with Gasteiger partial charge in [0.2, 0.25) is 0 Å². The molecule has 3 rings (SSSR count). The molecular formula is C12H21NO. The van der Waals surface area contributed by atoms with E-state index < -0.39 is 0 Å². The van der Waals surface area contributed by atoms with Gasteiger partial charge in [-0.05, 0) is 51.0 Å². The second-order valence-corrected chi connectivity index (χ2v) is 5.55. The molecule has 1 N–H and O–H groups in total. The monoisotopic (exact) mass is 195 g/mol. The lowest BCUT2D eigenvalue weighted by Gasteiger charge is -2.42. The molecule has 0 aromatic rings. The van der Waals surface area contributed by atoms with Crippen molar-refractivity contribution >= 4 is 0 Å². The molecule has 3 aliphatic rings. The average Bonchev–Trinajstić information content (AvgIpc) is 2.98. The summed E-state index contributed by atoms with van der Waals surface area (Å²) in [6.45, 7) is 0.420. The van der Waals surface area contributed by atoms with Crippen LogP contribution in [0.5, 0.6) is 0 Å². The molecule has 0 aromatic carbocycles. The molecule has 0 spiro atoms. The maximum Gasteiger partial charge on any atom is 0.0477 e. The molecule has 2 nitrogen and oxygen atoms in total. The van der Waals surface area contributed by atoms with E-state index in [4.69, 9.17) is 0 Å². The fourth-order valence-corrected chi connectivity index (χ4v) is 3.94. The highest BCUT2D eigenvalue weighted by Crippen LogP contribution is 2.50. The Hall–Kier alpha value is -0.0800. The summed E-state index contributed by atoms with van der Waals surface area (Å²) in [5, 5.41) is 9.55. The maximum atomic E-state index is 9.55. The standard InChI is InChI=1S/C12H21NO/c1-13-9-4-5-12(13)11(7-14)10(6-9)8-2-3-8/h8-12,14H,2-7H2,1H3. The summed E-state index contributed by atoms with van der Waals surface area (Å²) in [5.74, 6) is 2.42. The lowest BCUT2D eigenvalue weighted by atomic mass is 9.78. The van der Waals surface area contributed by atoms with Crippen LogP contribution in [0.3, 0.4) is 0 Å². The molecule has 1 aliphatic carbocycles. The largest absolute Gasteiger partial charge is 0.396 e. The van der Waals surface area contributed by atoms with Crippen LogP contribution in [0.25, 0.3) is 0 Å². The van der Waals surface area contributed by atoms with Gasteiger partial charge in [0.05, 0.1) is 0 Å². The van der Waals surface area contributed by atoms with Crippen LogP contribution in [0, 0.1) is 17.8 Å². The van der Waals surface area contributed by atoms with Crippen LogP contribution in [0.4, 0.5) is 0 Å². The summed E-state index contributed by atoms with van der Waals surface area (Å²) in [5.41, 5.74) is 0. The molecule has 1 saturated carbocycles. The first-order valence-corrected chi connectivity index (χ1v) is 6.14. The number of aliphatic hydroxyl groups excluding tert-OH is 1. The SMILES string of the molecule is CN1C2CCC1C(CO)C(C1CC1)C2. The van der Waals surface area contributed by atoms with Crippen LogP contribution in [0.15, 0.2) is 0 Å². The summed E-state index contributed by atoms with van der Waals surface area (Å²) < 4.78 is 0. The Morgan fingerprint density at radius 2 is 2.00 bits per heavy atom. The van der Waals surface area contributed by atoms with Crippen molar-refractivity contribution in [2.45, 2.75) is 44.2 Å². The van der Waals surface area contributed by atoms with E-state index in [0.29, 0.717) is 18.6 Å². The van der Waals surface area contributed by atoms with Crippen molar-refractivity contribution < 1.29 is 5.11 Å². The van der Waals surface area contributed by atoms with Gasteiger partial charge in [-0.25, -0.2) is 0 Å². The van der Waals surface area contributed by atoms with Gasteiger partial charge in [-0.15, -0.1) is 0 Å². The Morgan fingerprint density at radius 3 is 2.64 bits per heavy atom. The van der Waals surface area contributed by atoms with Gasteiger partial charge in [0, 0.05) is 24.6 Å². The quantitative estimate of drug-likeness (QED) is 0.721. The van der Waals surface area contributed by atoms with Crippen molar-refractivity contribution in [3.05, 3.63) is 0 Å². The molecule has 2 saturated heterocycles. The van der Waals surface area contributed by atoms with E-state index in [1.54, 1.807) is 0 Å². The number of hydrogen-bond donors (Lipinski definition) is 1. The van der Waals surface area contributed by atoms with Gasteiger partial charge in [-0.3, -0.25) is 0 Å². The predicted octanol–water partition coefficient (Wildman–Crippen LogP) is 1.49. The van der Waals surface area contributed by atoms with Crippen LogP contribution < -0.4 is 0 Å². The molecule has 0 radical (unpaired) electrons. The lowest BCUT2D eigenvalue weighted by molar-refractivity contribution is 0.0219. The zero-order valence-corrected chi connectivity index (χ0v) is 9.02. The summed E-state index contributed by atoms with van der Waals surface area (Å²) in [6.07, 6.45) is 6.94. The Bertz CT molecular complexity index is 226. The van der Waals surface area contributed by atoms with Gasteiger partial charge < -0.3 is 10.0 Å². The third kappa shape index (κ3) is 1.24. The molecule has 14 heavy (non-hydrogen) atoms. The molecule has 4 atom stereocenters. The first-order valence-electron chi connectivity index (χ1n) is 6.14. The zero-order chi connectivity index (χ0) is 9.71. The van der Waals surface area contributed by atoms with Crippen LogP contribution in [-0.2, 0) is 0 Å². The third-order valence-electron chi connectivity index (χ3n) is 4.92. The van der Waals surface area contributed by atoms with Gasteiger partial charge in [-0.1, -0.05) is 0 Å². The normalized spacial score (nSPS) is 48.4. The van der Waals surface area contributed by atoms with Crippen LogP contribution >= 0.6 is 0 Å². The highest BCUT2D eigenvalue weighted by atomic mass is 16.3. The van der Waals surface area contributed by atoms with E-state index in [9.17, 15) is 5.11 Å². The van der Waals surface area contributed by atoms with E-state index in [1.165, 1.54) is 32.1 Å². The highest BCUT2D eigenvalue weighted by Gasteiger charge is 2.49. The van der Waals surface area contributed by atoms with E-state index >= 15 is 0 Å². The van der Waals surface area contributed by atoms with E-state index in [2.05, 4.69) is 11.9 Å². The summed E-state index contributed by atoms with van der Waals surface area (Å²) in [7, 11) is 2.26. The molecule has 80 valence electrons. The molecule has 0 aromatic heterocycles. The summed E-state index contributed by atoms with van der Waals surface area (Å²) in [6, 6.07) is 1.54. The topological polar surface area (TPSA) is 23.5 Å². The number of fused-ring (bicyclic) bond motifs is 2. The van der Waals surface area contributed by atoms with Crippen molar-refractivity contribution in [2.75, 3.05) is 13.7 Å². The minimum atomic E-state index is 0.420. The van der Waals surface area contributed by atoms with Gasteiger partial charge >= 0.3 is 0 Å². The number of nitrogens with zero attached hydrogens (tertiary/aromatic N) is 1.